The Balaban J connectivity index is 1.69. The lowest BCUT2D eigenvalue weighted by Crippen LogP contribution is -1.92. The van der Waals surface area contributed by atoms with Gasteiger partial charge >= 0.3 is 0 Å². The molecule has 140 valence electrons. The van der Waals surface area contributed by atoms with Gasteiger partial charge in [-0.15, -0.1) is 0 Å². The Hall–Kier alpha value is -0.330. The fourth-order valence-corrected chi connectivity index (χ4v) is 5.49. The number of hydrogen-bond acceptors (Lipinski definition) is 4. The Morgan fingerprint density at radius 3 is 1.52 bits per heavy atom. The minimum atomic E-state index is 0.516. The van der Waals surface area contributed by atoms with Gasteiger partial charge < -0.3 is 0 Å². The zero-order chi connectivity index (χ0) is 19.4. The molecular formula is C18H11Cl5N2S2. The molecule has 3 aromatic rings. The monoisotopic (exact) mass is 494 g/mol. The maximum atomic E-state index is 6.50. The maximum Gasteiger partial charge on any atom is 0.120 e. The molecule has 0 amide bonds. The van der Waals surface area contributed by atoms with Gasteiger partial charge in [0, 0.05) is 31.6 Å². The SMILES string of the molecule is Clc1ccc(CSc2ncnc(SCc3ccc(Cl)cc3Cl)c2Cl)c(Cl)c1. The Morgan fingerprint density at radius 2 is 1.11 bits per heavy atom. The number of benzene rings is 2. The molecule has 0 spiro atoms. The first kappa shape index (κ1) is 21.4. The van der Waals surface area contributed by atoms with E-state index >= 15 is 0 Å². The standard InChI is InChI=1S/C18H11Cl5N2S2/c19-12-3-1-10(14(21)5-12)7-26-17-16(23)18(25-9-24-17)27-8-11-2-4-13(20)6-15(11)22/h1-6,9H,7-8H2. The van der Waals surface area contributed by atoms with Crippen molar-refractivity contribution in [2.45, 2.75) is 21.6 Å². The van der Waals surface area contributed by atoms with Gasteiger partial charge in [0.25, 0.3) is 0 Å². The molecule has 0 N–H and O–H groups in total. The summed E-state index contributed by atoms with van der Waals surface area (Å²) in [7, 11) is 0. The van der Waals surface area contributed by atoms with E-state index in [1.54, 1.807) is 12.1 Å². The molecule has 2 aromatic carbocycles. The van der Waals surface area contributed by atoms with Crippen LogP contribution < -0.4 is 0 Å². The minimum Gasteiger partial charge on any atom is -0.228 e. The van der Waals surface area contributed by atoms with E-state index in [4.69, 9.17) is 58.0 Å². The van der Waals surface area contributed by atoms with Crippen LogP contribution in [0.15, 0.2) is 52.8 Å². The summed E-state index contributed by atoms with van der Waals surface area (Å²) in [6.07, 6.45) is 1.50. The first-order valence-electron chi connectivity index (χ1n) is 7.58. The van der Waals surface area contributed by atoms with Gasteiger partial charge in [-0.3, -0.25) is 0 Å². The zero-order valence-electron chi connectivity index (χ0n) is 13.6. The normalized spacial score (nSPS) is 11.0. The third kappa shape index (κ3) is 5.83. The van der Waals surface area contributed by atoms with E-state index in [-0.39, 0.29) is 0 Å². The number of nitrogens with zero attached hydrogens (tertiary/aromatic N) is 2. The number of aromatic nitrogens is 2. The van der Waals surface area contributed by atoms with Gasteiger partial charge in [-0.25, -0.2) is 9.97 Å². The van der Waals surface area contributed by atoms with Gasteiger partial charge in [0.1, 0.15) is 21.4 Å². The predicted octanol–water partition coefficient (Wildman–Crippen LogP) is 8.33. The Kier molecular flexibility index (Phi) is 7.86. The number of rotatable bonds is 6. The molecule has 2 nitrogen and oxygen atoms in total. The van der Waals surface area contributed by atoms with Crippen LogP contribution in [0.4, 0.5) is 0 Å². The molecule has 1 heterocycles. The second-order valence-electron chi connectivity index (χ2n) is 5.35. The molecular weight excluding hydrogens is 486 g/mol. The minimum absolute atomic E-state index is 0.516. The van der Waals surface area contributed by atoms with E-state index in [1.807, 2.05) is 24.3 Å². The molecule has 0 unspecified atom stereocenters. The highest BCUT2D eigenvalue weighted by Gasteiger charge is 2.13. The first-order chi connectivity index (χ1) is 12.9. The highest BCUT2D eigenvalue weighted by Crippen LogP contribution is 2.37. The van der Waals surface area contributed by atoms with Crippen LogP contribution in [-0.4, -0.2) is 9.97 Å². The second kappa shape index (κ2) is 9.93. The summed E-state index contributed by atoms with van der Waals surface area (Å²) >= 11 is 33.8. The first-order valence-corrected chi connectivity index (χ1v) is 11.4. The van der Waals surface area contributed by atoms with Gasteiger partial charge in [0.15, 0.2) is 0 Å². The average Bonchev–Trinajstić information content (AvgIpc) is 2.62. The van der Waals surface area contributed by atoms with Crippen molar-refractivity contribution in [3.8, 4) is 0 Å². The molecule has 27 heavy (non-hydrogen) atoms. The summed E-state index contributed by atoms with van der Waals surface area (Å²) < 4.78 is 0. The Bertz CT molecular complexity index is 895. The molecule has 0 atom stereocenters. The summed E-state index contributed by atoms with van der Waals surface area (Å²) in [6, 6.07) is 10.8. The predicted molar refractivity (Wildman–Crippen MR) is 119 cm³/mol. The summed E-state index contributed by atoms with van der Waals surface area (Å²) in [5.41, 5.74) is 1.92. The fraction of sp³-hybridized carbons (Fsp3) is 0.111. The van der Waals surface area contributed by atoms with Crippen molar-refractivity contribution >= 4 is 81.5 Å². The quantitative estimate of drug-likeness (QED) is 0.253. The van der Waals surface area contributed by atoms with E-state index in [0.29, 0.717) is 46.7 Å². The lowest BCUT2D eigenvalue weighted by Gasteiger charge is -2.09. The van der Waals surface area contributed by atoms with Crippen molar-refractivity contribution in [1.82, 2.24) is 9.97 Å². The van der Waals surface area contributed by atoms with Crippen LogP contribution in [0.2, 0.25) is 25.1 Å². The highest BCUT2D eigenvalue weighted by atomic mass is 35.5. The van der Waals surface area contributed by atoms with Crippen molar-refractivity contribution in [1.29, 1.82) is 0 Å². The molecule has 9 heteroatoms. The van der Waals surface area contributed by atoms with E-state index < -0.39 is 0 Å². The van der Waals surface area contributed by atoms with Gasteiger partial charge in [-0.2, -0.15) is 0 Å². The molecule has 0 radical (unpaired) electrons. The largest absolute Gasteiger partial charge is 0.228 e. The third-order valence-corrected chi connectivity index (χ3v) is 7.32. The lowest BCUT2D eigenvalue weighted by molar-refractivity contribution is 0.963. The van der Waals surface area contributed by atoms with Gasteiger partial charge in [0.2, 0.25) is 0 Å². The maximum absolute atomic E-state index is 6.50. The molecule has 0 saturated heterocycles. The number of thioether (sulfide) groups is 2. The van der Waals surface area contributed by atoms with Crippen LogP contribution in [0.5, 0.6) is 0 Å². The fourth-order valence-electron chi connectivity index (χ4n) is 2.11. The average molecular weight is 497 g/mol. The van der Waals surface area contributed by atoms with Crippen molar-refractivity contribution in [3.05, 3.63) is 79.0 Å². The van der Waals surface area contributed by atoms with E-state index in [2.05, 4.69) is 9.97 Å². The van der Waals surface area contributed by atoms with E-state index in [9.17, 15) is 0 Å². The van der Waals surface area contributed by atoms with Crippen molar-refractivity contribution < 1.29 is 0 Å². The molecule has 0 saturated carbocycles. The summed E-state index contributed by atoms with van der Waals surface area (Å²) in [5, 5.41) is 4.36. The van der Waals surface area contributed by atoms with Crippen LogP contribution in [-0.2, 0) is 11.5 Å². The molecule has 3 rings (SSSR count). The van der Waals surface area contributed by atoms with Crippen LogP contribution >= 0.6 is 81.5 Å². The van der Waals surface area contributed by atoms with Gasteiger partial charge in [-0.05, 0) is 35.4 Å². The smallest absolute Gasteiger partial charge is 0.120 e. The molecule has 0 fully saturated rings. The summed E-state index contributed by atoms with van der Waals surface area (Å²) in [6.45, 7) is 0. The molecule has 1 aromatic heterocycles. The van der Waals surface area contributed by atoms with E-state index in [0.717, 1.165) is 11.1 Å². The molecule has 0 aliphatic carbocycles. The van der Waals surface area contributed by atoms with Gasteiger partial charge in [-0.1, -0.05) is 93.7 Å². The molecule has 0 aliphatic rings. The second-order valence-corrected chi connectivity index (χ2v) is 9.34. The molecule has 0 bridgehead atoms. The topological polar surface area (TPSA) is 25.8 Å². The van der Waals surface area contributed by atoms with Gasteiger partial charge in [0.05, 0.1) is 0 Å². The van der Waals surface area contributed by atoms with E-state index in [1.165, 1.54) is 29.9 Å². The molecule has 0 aliphatic heterocycles. The van der Waals surface area contributed by atoms with Crippen LogP contribution in [0, 0.1) is 0 Å². The van der Waals surface area contributed by atoms with Crippen molar-refractivity contribution in [2.75, 3.05) is 0 Å². The van der Waals surface area contributed by atoms with Crippen LogP contribution in [0.3, 0.4) is 0 Å². The highest BCUT2D eigenvalue weighted by molar-refractivity contribution is 7.99. The Morgan fingerprint density at radius 1 is 0.667 bits per heavy atom. The van der Waals surface area contributed by atoms with Crippen LogP contribution in [0.1, 0.15) is 11.1 Å². The Labute approximate surface area is 190 Å². The number of halogens is 5. The van der Waals surface area contributed by atoms with Crippen LogP contribution in [0.25, 0.3) is 0 Å². The van der Waals surface area contributed by atoms with Crippen molar-refractivity contribution in [3.63, 3.8) is 0 Å². The number of hydrogen-bond donors (Lipinski definition) is 0. The summed E-state index contributed by atoms with van der Waals surface area (Å²) in [5.74, 6) is 1.25. The third-order valence-electron chi connectivity index (χ3n) is 3.48. The lowest BCUT2D eigenvalue weighted by atomic mass is 10.2. The summed E-state index contributed by atoms with van der Waals surface area (Å²) in [4.78, 5) is 8.56. The zero-order valence-corrected chi connectivity index (χ0v) is 19.0. The van der Waals surface area contributed by atoms with Crippen molar-refractivity contribution in [2.24, 2.45) is 0 Å².